The minimum absolute atomic E-state index is 0.0305. The van der Waals surface area contributed by atoms with Gasteiger partial charge in [0.25, 0.3) is 5.69 Å². The first-order valence-corrected chi connectivity index (χ1v) is 7.00. The van der Waals surface area contributed by atoms with Crippen molar-refractivity contribution < 1.29 is 4.92 Å². The minimum atomic E-state index is -0.416. The Morgan fingerprint density at radius 3 is 2.70 bits per heavy atom. The van der Waals surface area contributed by atoms with Crippen LogP contribution in [-0.2, 0) is 0 Å². The van der Waals surface area contributed by atoms with E-state index < -0.39 is 4.92 Å². The van der Waals surface area contributed by atoms with E-state index in [-0.39, 0.29) is 23.4 Å². The first kappa shape index (κ1) is 14.8. The molecule has 1 aliphatic heterocycles. The van der Waals surface area contributed by atoms with Gasteiger partial charge in [-0.3, -0.25) is 10.1 Å². The Bertz CT molecular complexity index is 846. The van der Waals surface area contributed by atoms with E-state index in [9.17, 15) is 10.1 Å². The number of nitrogens with two attached hydrogens (primary N) is 2. The Hall–Kier alpha value is -3.16. The highest BCUT2D eigenvalue weighted by Crippen LogP contribution is 2.43. The van der Waals surface area contributed by atoms with Crippen molar-refractivity contribution >= 4 is 23.3 Å². The van der Waals surface area contributed by atoms with Crippen LogP contribution in [0, 0.1) is 10.1 Å². The lowest BCUT2D eigenvalue weighted by Gasteiger charge is -2.29. The number of nitrogen functional groups attached to an aromatic ring is 2. The maximum absolute atomic E-state index is 11.1. The van der Waals surface area contributed by atoms with Gasteiger partial charge in [-0.15, -0.1) is 0 Å². The standard InChI is InChI=1S/C15H16N6O2/c1-7-8(2)18-14-12(13(16)19-15(17)20-14)11(7)9-4-3-5-10(6-9)21(22)23/h3-6,11H,1-2H3,(H5,16,17,18,19,20). The molecule has 0 fully saturated rings. The zero-order chi connectivity index (χ0) is 16.7. The Morgan fingerprint density at radius 2 is 2.00 bits per heavy atom. The van der Waals surface area contributed by atoms with E-state index in [1.165, 1.54) is 6.07 Å². The van der Waals surface area contributed by atoms with E-state index in [1.807, 2.05) is 19.9 Å². The highest BCUT2D eigenvalue weighted by Gasteiger charge is 2.30. The molecule has 0 saturated heterocycles. The molecule has 0 spiro atoms. The van der Waals surface area contributed by atoms with Crippen LogP contribution in [-0.4, -0.2) is 14.9 Å². The summed E-state index contributed by atoms with van der Waals surface area (Å²) in [6.45, 7) is 3.86. The summed E-state index contributed by atoms with van der Waals surface area (Å²) < 4.78 is 0. The quantitative estimate of drug-likeness (QED) is 0.572. The summed E-state index contributed by atoms with van der Waals surface area (Å²) in [7, 11) is 0. The Morgan fingerprint density at radius 1 is 1.26 bits per heavy atom. The number of aromatic nitrogens is 2. The first-order valence-electron chi connectivity index (χ1n) is 7.00. The minimum Gasteiger partial charge on any atom is -0.383 e. The largest absolute Gasteiger partial charge is 0.383 e. The number of rotatable bonds is 2. The number of hydrogen-bond donors (Lipinski definition) is 3. The Labute approximate surface area is 132 Å². The second-order valence-corrected chi connectivity index (χ2v) is 5.45. The van der Waals surface area contributed by atoms with E-state index in [1.54, 1.807) is 12.1 Å². The number of nitrogens with one attached hydrogen (secondary N) is 1. The second kappa shape index (κ2) is 5.24. The molecule has 1 aromatic heterocycles. The number of non-ortho nitro benzene ring substituents is 1. The molecule has 1 unspecified atom stereocenters. The van der Waals surface area contributed by atoms with Gasteiger partial charge in [0, 0.05) is 29.3 Å². The fourth-order valence-corrected chi connectivity index (χ4v) is 2.83. The van der Waals surface area contributed by atoms with E-state index in [4.69, 9.17) is 11.5 Å². The summed E-state index contributed by atoms with van der Waals surface area (Å²) in [5.74, 6) is 0.628. The van der Waals surface area contributed by atoms with E-state index in [2.05, 4.69) is 15.3 Å². The molecule has 0 bridgehead atoms. The number of nitro groups is 1. The molecular weight excluding hydrogens is 296 g/mol. The van der Waals surface area contributed by atoms with Crippen molar-refractivity contribution in [1.29, 1.82) is 0 Å². The van der Waals surface area contributed by atoms with Gasteiger partial charge in [0.15, 0.2) is 0 Å². The van der Waals surface area contributed by atoms with Crippen LogP contribution in [0.2, 0.25) is 0 Å². The molecule has 3 rings (SSSR count). The SMILES string of the molecule is CC1=C(C)C(c2cccc([N+](=O)[O-])c2)c2c(N)nc(N)nc2N1. The lowest BCUT2D eigenvalue weighted by Crippen LogP contribution is -2.20. The maximum atomic E-state index is 11.1. The van der Waals surface area contributed by atoms with Crippen molar-refractivity contribution in [3.8, 4) is 0 Å². The molecule has 2 aromatic rings. The predicted octanol–water partition coefficient (Wildman–Crippen LogP) is 2.40. The van der Waals surface area contributed by atoms with Gasteiger partial charge in [-0.25, -0.2) is 0 Å². The van der Waals surface area contributed by atoms with Crippen LogP contribution in [0.4, 0.5) is 23.3 Å². The van der Waals surface area contributed by atoms with Gasteiger partial charge in [-0.1, -0.05) is 12.1 Å². The van der Waals surface area contributed by atoms with E-state index in [0.717, 1.165) is 16.8 Å². The van der Waals surface area contributed by atoms with Crippen molar-refractivity contribution in [3.63, 3.8) is 0 Å². The molecule has 5 N–H and O–H groups in total. The van der Waals surface area contributed by atoms with Crippen LogP contribution in [0.15, 0.2) is 35.5 Å². The third kappa shape index (κ3) is 2.44. The van der Waals surface area contributed by atoms with Gasteiger partial charge in [-0.05, 0) is 25.0 Å². The van der Waals surface area contributed by atoms with Gasteiger partial charge in [0.1, 0.15) is 11.6 Å². The topological polar surface area (TPSA) is 133 Å². The highest BCUT2D eigenvalue weighted by atomic mass is 16.6. The average molecular weight is 312 g/mol. The summed E-state index contributed by atoms with van der Waals surface area (Å²) in [6, 6.07) is 6.50. The van der Waals surface area contributed by atoms with Crippen LogP contribution in [0.25, 0.3) is 0 Å². The maximum Gasteiger partial charge on any atom is 0.269 e. The Kier molecular flexibility index (Phi) is 3.36. The zero-order valence-corrected chi connectivity index (χ0v) is 12.7. The molecule has 118 valence electrons. The lowest BCUT2D eigenvalue weighted by atomic mass is 9.82. The normalized spacial score (nSPS) is 16.7. The number of allylic oxidation sites excluding steroid dienone is 2. The summed E-state index contributed by atoms with van der Waals surface area (Å²) >= 11 is 0. The van der Waals surface area contributed by atoms with Crippen LogP contribution in [0.3, 0.4) is 0 Å². The summed E-state index contributed by atoms with van der Waals surface area (Å²) in [6.07, 6.45) is 0. The van der Waals surface area contributed by atoms with E-state index in [0.29, 0.717) is 11.4 Å². The highest BCUT2D eigenvalue weighted by molar-refractivity contribution is 5.69. The van der Waals surface area contributed by atoms with Gasteiger partial charge >= 0.3 is 0 Å². The number of nitro benzene ring substituents is 1. The van der Waals surface area contributed by atoms with Gasteiger partial charge in [0.05, 0.1) is 4.92 Å². The van der Waals surface area contributed by atoms with Crippen molar-refractivity contribution in [2.24, 2.45) is 0 Å². The molecule has 8 nitrogen and oxygen atoms in total. The second-order valence-electron chi connectivity index (χ2n) is 5.45. The average Bonchev–Trinajstić information content (AvgIpc) is 2.49. The van der Waals surface area contributed by atoms with Crippen LogP contribution in [0.1, 0.15) is 30.9 Å². The summed E-state index contributed by atoms with van der Waals surface area (Å²) in [5.41, 5.74) is 15.1. The van der Waals surface area contributed by atoms with Crippen molar-refractivity contribution in [3.05, 3.63) is 56.8 Å². The van der Waals surface area contributed by atoms with Crippen LogP contribution < -0.4 is 16.8 Å². The number of anilines is 3. The molecule has 0 radical (unpaired) electrons. The summed E-state index contributed by atoms with van der Waals surface area (Å²) in [4.78, 5) is 18.9. The van der Waals surface area contributed by atoms with Crippen molar-refractivity contribution in [2.75, 3.05) is 16.8 Å². The lowest BCUT2D eigenvalue weighted by molar-refractivity contribution is -0.384. The zero-order valence-electron chi connectivity index (χ0n) is 12.7. The van der Waals surface area contributed by atoms with Crippen molar-refractivity contribution in [1.82, 2.24) is 9.97 Å². The molecule has 8 heteroatoms. The molecule has 23 heavy (non-hydrogen) atoms. The van der Waals surface area contributed by atoms with Gasteiger partial charge in [-0.2, -0.15) is 9.97 Å². The number of benzene rings is 1. The van der Waals surface area contributed by atoms with Crippen LogP contribution >= 0.6 is 0 Å². The number of hydrogen-bond acceptors (Lipinski definition) is 7. The predicted molar refractivity (Wildman–Crippen MR) is 87.8 cm³/mol. The molecular formula is C15H16N6O2. The fourth-order valence-electron chi connectivity index (χ4n) is 2.83. The fraction of sp³-hybridized carbons (Fsp3) is 0.200. The number of fused-ring (bicyclic) bond motifs is 1. The summed E-state index contributed by atoms with van der Waals surface area (Å²) in [5, 5.41) is 14.2. The van der Waals surface area contributed by atoms with E-state index >= 15 is 0 Å². The molecule has 1 atom stereocenters. The van der Waals surface area contributed by atoms with Crippen LogP contribution in [0.5, 0.6) is 0 Å². The molecule has 0 amide bonds. The Balaban J connectivity index is 2.23. The molecule has 1 aliphatic rings. The monoisotopic (exact) mass is 312 g/mol. The number of nitrogens with zero attached hydrogens (tertiary/aromatic N) is 3. The third-order valence-corrected chi connectivity index (χ3v) is 4.03. The first-order chi connectivity index (χ1) is 10.9. The molecule has 0 aliphatic carbocycles. The third-order valence-electron chi connectivity index (χ3n) is 4.03. The molecule has 0 saturated carbocycles. The van der Waals surface area contributed by atoms with Gasteiger partial charge < -0.3 is 16.8 Å². The van der Waals surface area contributed by atoms with Crippen molar-refractivity contribution in [2.45, 2.75) is 19.8 Å². The van der Waals surface area contributed by atoms with Gasteiger partial charge in [0.2, 0.25) is 5.95 Å². The molecule has 1 aromatic carbocycles. The smallest absolute Gasteiger partial charge is 0.269 e. The molecule has 2 heterocycles.